The van der Waals surface area contributed by atoms with Crippen molar-refractivity contribution in [2.45, 2.75) is 165 Å². The van der Waals surface area contributed by atoms with Crippen molar-refractivity contribution in [3.8, 4) is 34.4 Å². The van der Waals surface area contributed by atoms with Gasteiger partial charge in [-0.2, -0.15) is 0 Å². The fraction of sp³-hybridized carbons (Fsp3) is 0.375. The standard InChI is InChI=1S/C31H32O5SSi.C24H28O4SSi.C17H24O3SSi/c1-23-15-17-26(18-16-23)37-27-21-31(19-20-38(2,3)4,22-34-28(32)24-11-7-5-8-12-24)36-30(27)35-29(33)25-13-9-6-10-14-25;1-18-10-12-20(13-11-18)29-21-16-24(28-23(21)26,14-15-30(2,3)4)17-27-22(25)19-8-6-5-7-9-19;1-13-5-7-14(8-6-13)21-15-11-17(12-18,20-16(15)19)9-10-22(2,3)4/h5-18,27,30H,21-22H2,1-4H3;5-13,21,23,26H,16-17H2,1-4H3;5-8,15-16,18-19H,11-12H2,1-4H3/t27-,30+,31+;21-,23+,24+;15-,16+,17+/m111/s1. The predicted molar refractivity (Wildman–Crippen MR) is 369 cm³/mol. The lowest BCUT2D eigenvalue weighted by Gasteiger charge is -2.24. The molecule has 0 aromatic heterocycles. The molecule has 3 aliphatic rings. The molecule has 9 rings (SSSR count). The number of benzene rings is 6. The molecule has 3 aliphatic heterocycles. The minimum atomic E-state index is -1.80. The highest BCUT2D eigenvalue weighted by molar-refractivity contribution is 8.00. The van der Waals surface area contributed by atoms with Crippen LogP contribution < -0.4 is 0 Å². The third-order valence-corrected chi connectivity index (χ3v) is 20.2. The summed E-state index contributed by atoms with van der Waals surface area (Å²) in [6.45, 7) is 25.2. The van der Waals surface area contributed by atoms with Crippen molar-refractivity contribution in [2.75, 3.05) is 19.8 Å². The van der Waals surface area contributed by atoms with Crippen LogP contribution in [0.2, 0.25) is 58.9 Å². The molecule has 0 amide bonds. The number of aryl methyl sites for hydroxylation is 3. The smallest absolute Gasteiger partial charge is 0.340 e. The normalized spacial score (nSPS) is 23.5. The number of rotatable bonds is 15. The fourth-order valence-corrected chi connectivity index (χ4v) is 14.4. The van der Waals surface area contributed by atoms with Gasteiger partial charge in [0.15, 0.2) is 29.4 Å². The Bertz CT molecular complexity index is 3530. The average Bonchev–Trinajstić information content (AvgIpc) is 1.75. The van der Waals surface area contributed by atoms with Crippen LogP contribution in [0.3, 0.4) is 0 Å². The van der Waals surface area contributed by atoms with Crippen LogP contribution in [0, 0.1) is 55.2 Å². The minimum absolute atomic E-state index is 0.0137. The minimum Gasteiger partial charge on any atom is -0.458 e. The van der Waals surface area contributed by atoms with Gasteiger partial charge in [-0.3, -0.25) is 0 Å². The second-order valence-electron chi connectivity index (χ2n) is 25.8. The average molecular weight is 1320 g/mol. The van der Waals surface area contributed by atoms with E-state index >= 15 is 0 Å². The summed E-state index contributed by atoms with van der Waals surface area (Å²) < 4.78 is 35.2. The molecule has 12 nitrogen and oxygen atoms in total. The van der Waals surface area contributed by atoms with E-state index in [1.165, 1.54) is 11.1 Å². The third kappa shape index (κ3) is 22.6. The van der Waals surface area contributed by atoms with Gasteiger partial charge in [0.25, 0.3) is 0 Å². The zero-order chi connectivity index (χ0) is 65.3. The Morgan fingerprint density at radius 1 is 0.444 bits per heavy atom. The van der Waals surface area contributed by atoms with Crippen molar-refractivity contribution in [2.24, 2.45) is 0 Å². The first kappa shape index (κ1) is 71.3. The molecule has 3 saturated heterocycles. The summed E-state index contributed by atoms with van der Waals surface area (Å²) in [4.78, 5) is 41.4. The largest absolute Gasteiger partial charge is 0.458 e. The van der Waals surface area contributed by atoms with Crippen LogP contribution in [-0.2, 0) is 28.4 Å². The van der Waals surface area contributed by atoms with Gasteiger partial charge in [0.1, 0.15) is 37.4 Å². The first-order valence-corrected chi connectivity index (χ1v) is 43.2. The summed E-state index contributed by atoms with van der Waals surface area (Å²) in [5.41, 5.74) is 11.9. The van der Waals surface area contributed by atoms with Gasteiger partial charge >= 0.3 is 17.9 Å². The summed E-state index contributed by atoms with van der Waals surface area (Å²) in [6.07, 6.45) is -1.33. The summed E-state index contributed by atoms with van der Waals surface area (Å²) in [5, 5.41) is 30.0. The zero-order valence-corrected chi connectivity index (χ0v) is 59.0. The molecule has 0 spiro atoms. The van der Waals surface area contributed by atoms with E-state index in [4.69, 9.17) is 28.4 Å². The van der Waals surface area contributed by atoms with E-state index in [-0.39, 0.29) is 35.6 Å². The first-order chi connectivity index (χ1) is 42.5. The second kappa shape index (κ2) is 31.9. The van der Waals surface area contributed by atoms with Gasteiger partial charge in [-0.05, 0) is 93.6 Å². The molecule has 3 N–H and O–H groups in total. The molecular formula is C72H84O12S3Si3. The maximum absolute atomic E-state index is 13.0. The number of carbonyl (C=O) groups excluding carboxylic acids is 3. The van der Waals surface area contributed by atoms with Gasteiger partial charge in [0.2, 0.25) is 6.29 Å². The molecule has 0 radical (unpaired) electrons. The molecule has 0 saturated carbocycles. The van der Waals surface area contributed by atoms with Crippen molar-refractivity contribution in [3.63, 3.8) is 0 Å². The van der Waals surface area contributed by atoms with Crippen LogP contribution in [0.1, 0.15) is 67.0 Å². The maximum Gasteiger partial charge on any atom is 0.340 e. The SMILES string of the molecule is Cc1ccc(S[C@@H]2C[C@@](C#C[Si](C)(C)C)(CO)O[C@@H]2O)cc1.Cc1ccc(S[C@@H]2C[C@@](C#C[Si](C)(C)C)(COC(=O)c3ccccc3)O[C@@H]2O)cc1.Cc1ccc(S[C@@H]2C[C@@](C#C[Si](C)(C)C)(COC(=O)c3ccccc3)O[C@@H]2OC(=O)c2ccccc2)cc1. The van der Waals surface area contributed by atoms with Crippen LogP contribution in [0.15, 0.2) is 178 Å². The van der Waals surface area contributed by atoms with Gasteiger partial charge in [0, 0.05) is 33.9 Å². The van der Waals surface area contributed by atoms with Crippen LogP contribution >= 0.6 is 35.3 Å². The van der Waals surface area contributed by atoms with Crippen molar-refractivity contribution < 1.29 is 58.1 Å². The van der Waals surface area contributed by atoms with Crippen LogP contribution in [0.25, 0.3) is 0 Å². The molecule has 0 unspecified atom stereocenters. The monoisotopic (exact) mass is 1320 g/mol. The number of aliphatic hydroxyl groups is 3. The van der Waals surface area contributed by atoms with E-state index in [0.29, 0.717) is 36.0 Å². The van der Waals surface area contributed by atoms with Gasteiger partial charge in [0.05, 0.1) is 39.0 Å². The maximum atomic E-state index is 13.0. The van der Waals surface area contributed by atoms with E-state index in [2.05, 4.69) is 105 Å². The molecule has 6 aromatic carbocycles. The van der Waals surface area contributed by atoms with Crippen molar-refractivity contribution >= 4 is 77.4 Å². The number of thioether (sulfide) groups is 3. The van der Waals surface area contributed by atoms with Crippen molar-refractivity contribution in [3.05, 3.63) is 197 Å². The summed E-state index contributed by atoms with van der Waals surface area (Å²) in [6, 6.07) is 51.1. The van der Waals surface area contributed by atoms with Crippen LogP contribution in [0.4, 0.5) is 0 Å². The number of esters is 3. The van der Waals surface area contributed by atoms with Crippen LogP contribution in [-0.4, -0.2) is 129 Å². The highest BCUT2D eigenvalue weighted by atomic mass is 32.2. The molecule has 9 atom stereocenters. The molecule has 6 aromatic rings. The Morgan fingerprint density at radius 2 is 0.744 bits per heavy atom. The Kier molecular flexibility index (Phi) is 25.3. The van der Waals surface area contributed by atoms with Gasteiger partial charge < -0.3 is 43.7 Å². The van der Waals surface area contributed by atoms with E-state index in [1.54, 1.807) is 108 Å². The van der Waals surface area contributed by atoms with E-state index < -0.39 is 77.8 Å². The van der Waals surface area contributed by atoms with E-state index in [9.17, 15) is 29.7 Å². The molecule has 474 valence electrons. The quantitative estimate of drug-likeness (QED) is 0.0384. The Balaban J connectivity index is 0.000000199. The van der Waals surface area contributed by atoms with Crippen molar-refractivity contribution in [1.29, 1.82) is 0 Å². The van der Waals surface area contributed by atoms with E-state index in [0.717, 1.165) is 20.2 Å². The molecule has 3 heterocycles. The number of ether oxygens (including phenoxy) is 6. The summed E-state index contributed by atoms with van der Waals surface area (Å²) in [5.74, 6) is 8.32. The van der Waals surface area contributed by atoms with Crippen molar-refractivity contribution in [1.82, 2.24) is 0 Å². The number of aliphatic hydroxyl groups excluding tert-OH is 3. The molecular weight excluding hydrogens is 1240 g/mol. The number of carbonyl (C=O) groups is 3. The summed E-state index contributed by atoms with van der Waals surface area (Å²) in [7, 11) is -5.04. The Labute approximate surface area is 548 Å². The lowest BCUT2D eigenvalue weighted by Crippen LogP contribution is -2.36. The zero-order valence-electron chi connectivity index (χ0n) is 53.5. The van der Waals surface area contributed by atoms with Crippen LogP contribution in [0.5, 0.6) is 0 Å². The predicted octanol–water partition coefficient (Wildman–Crippen LogP) is 14.0. The molecule has 3 fully saturated rings. The van der Waals surface area contributed by atoms with E-state index in [1.807, 2.05) is 99.6 Å². The second-order valence-corrected chi connectivity index (χ2v) is 44.0. The van der Waals surface area contributed by atoms with Gasteiger partial charge in [-0.15, -0.1) is 51.9 Å². The third-order valence-electron chi connectivity index (χ3n) is 13.9. The fourth-order valence-electron chi connectivity index (χ4n) is 9.07. The highest BCUT2D eigenvalue weighted by Crippen LogP contribution is 2.44. The number of hydrogen-bond acceptors (Lipinski definition) is 15. The molecule has 0 bridgehead atoms. The first-order valence-electron chi connectivity index (χ1n) is 30.1. The lowest BCUT2D eigenvalue weighted by atomic mass is 10.0. The Hall–Kier alpha value is -6.13. The molecule has 0 aliphatic carbocycles. The summed E-state index contributed by atoms with van der Waals surface area (Å²) >= 11 is 4.71. The molecule has 90 heavy (non-hydrogen) atoms. The van der Waals surface area contributed by atoms with Gasteiger partial charge in [-0.25, -0.2) is 14.4 Å². The lowest BCUT2D eigenvalue weighted by molar-refractivity contribution is -0.134. The van der Waals surface area contributed by atoms with Gasteiger partial charge in [-0.1, -0.05) is 184 Å². The topological polar surface area (TPSA) is 167 Å². The Morgan fingerprint density at radius 3 is 1.10 bits per heavy atom. The molecule has 18 heteroatoms. The highest BCUT2D eigenvalue weighted by Gasteiger charge is 2.50. The number of hydrogen-bond donors (Lipinski definition) is 3.